The van der Waals surface area contributed by atoms with Crippen LogP contribution >= 0.6 is 11.6 Å². The lowest BCUT2D eigenvalue weighted by Crippen LogP contribution is -2.28. The monoisotopic (exact) mass is 255 g/mol. The molecule has 1 aliphatic heterocycles. The van der Waals surface area contributed by atoms with Crippen LogP contribution in [0.1, 0.15) is 12.0 Å². The fourth-order valence-electron chi connectivity index (χ4n) is 1.83. The lowest BCUT2D eigenvalue weighted by atomic mass is 10.2. The quantitative estimate of drug-likeness (QED) is 0.903. The number of ether oxygens (including phenoxy) is 1. The van der Waals surface area contributed by atoms with Crippen LogP contribution in [0.3, 0.4) is 0 Å². The SMILES string of the molecule is O=C(O)N1CCC(OCc2ccc(Cl)cc2)C1. The average molecular weight is 256 g/mol. The van der Waals surface area contributed by atoms with Gasteiger partial charge in [0.25, 0.3) is 0 Å². The summed E-state index contributed by atoms with van der Waals surface area (Å²) in [5, 5.41) is 9.50. The third-order valence-corrected chi connectivity index (χ3v) is 3.07. The van der Waals surface area contributed by atoms with E-state index in [2.05, 4.69) is 0 Å². The predicted octanol–water partition coefficient (Wildman–Crippen LogP) is 2.61. The summed E-state index contributed by atoms with van der Waals surface area (Å²) in [5.74, 6) is 0. The molecule has 1 fully saturated rings. The maximum absolute atomic E-state index is 10.7. The summed E-state index contributed by atoms with van der Waals surface area (Å²) < 4.78 is 5.66. The molecule has 0 spiro atoms. The topological polar surface area (TPSA) is 49.8 Å². The minimum Gasteiger partial charge on any atom is -0.465 e. The van der Waals surface area contributed by atoms with Gasteiger partial charge in [0.15, 0.2) is 0 Å². The maximum Gasteiger partial charge on any atom is 0.407 e. The van der Waals surface area contributed by atoms with E-state index in [1.165, 1.54) is 4.90 Å². The Morgan fingerprint density at radius 1 is 1.47 bits per heavy atom. The van der Waals surface area contributed by atoms with E-state index in [-0.39, 0.29) is 6.10 Å². The minimum absolute atomic E-state index is 0.00165. The first kappa shape index (κ1) is 12.2. The summed E-state index contributed by atoms with van der Waals surface area (Å²) in [4.78, 5) is 12.1. The second-order valence-electron chi connectivity index (χ2n) is 4.08. The summed E-state index contributed by atoms with van der Waals surface area (Å²) in [5.41, 5.74) is 1.04. The molecule has 4 nitrogen and oxygen atoms in total. The van der Waals surface area contributed by atoms with E-state index in [0.29, 0.717) is 24.7 Å². The van der Waals surface area contributed by atoms with Crippen molar-refractivity contribution in [2.75, 3.05) is 13.1 Å². The van der Waals surface area contributed by atoms with Crippen LogP contribution in [-0.4, -0.2) is 35.3 Å². The van der Waals surface area contributed by atoms with Gasteiger partial charge in [-0.15, -0.1) is 0 Å². The summed E-state index contributed by atoms with van der Waals surface area (Å²) >= 11 is 5.78. The average Bonchev–Trinajstić information content (AvgIpc) is 2.77. The fraction of sp³-hybridized carbons (Fsp3) is 0.417. The standard InChI is InChI=1S/C12H14ClNO3/c13-10-3-1-9(2-4-10)8-17-11-5-6-14(7-11)12(15)16/h1-4,11H,5-8H2,(H,15,16). The Hall–Kier alpha value is -1.26. The van der Waals surface area contributed by atoms with Crippen molar-refractivity contribution in [3.63, 3.8) is 0 Å². The molecule has 2 rings (SSSR count). The van der Waals surface area contributed by atoms with Crippen LogP contribution in [0.15, 0.2) is 24.3 Å². The number of carboxylic acid groups (broad SMARTS) is 1. The molecule has 0 saturated carbocycles. The molecular formula is C12H14ClNO3. The van der Waals surface area contributed by atoms with Gasteiger partial charge in [0.2, 0.25) is 0 Å². The molecule has 1 aromatic carbocycles. The van der Waals surface area contributed by atoms with Crippen LogP contribution in [0.5, 0.6) is 0 Å². The number of hydrogen-bond donors (Lipinski definition) is 1. The fourth-order valence-corrected chi connectivity index (χ4v) is 1.96. The highest BCUT2D eigenvalue weighted by Gasteiger charge is 2.26. The number of amides is 1. The molecule has 1 atom stereocenters. The lowest BCUT2D eigenvalue weighted by Gasteiger charge is -2.13. The zero-order valence-electron chi connectivity index (χ0n) is 9.30. The smallest absolute Gasteiger partial charge is 0.407 e. The number of benzene rings is 1. The first-order valence-electron chi connectivity index (χ1n) is 5.49. The zero-order valence-corrected chi connectivity index (χ0v) is 10.1. The Labute approximate surface area is 105 Å². The van der Waals surface area contributed by atoms with Crippen LogP contribution < -0.4 is 0 Å². The molecule has 1 amide bonds. The molecule has 0 radical (unpaired) electrons. The molecule has 5 heteroatoms. The van der Waals surface area contributed by atoms with E-state index in [1.54, 1.807) is 0 Å². The van der Waals surface area contributed by atoms with E-state index in [0.717, 1.165) is 12.0 Å². The summed E-state index contributed by atoms with van der Waals surface area (Å²) in [6, 6.07) is 7.45. The largest absolute Gasteiger partial charge is 0.465 e. The Balaban J connectivity index is 1.80. The van der Waals surface area contributed by atoms with Gasteiger partial charge in [0.1, 0.15) is 0 Å². The minimum atomic E-state index is -0.873. The molecule has 0 aromatic heterocycles. The van der Waals surface area contributed by atoms with Crippen molar-refractivity contribution in [1.82, 2.24) is 4.90 Å². The molecule has 1 heterocycles. The second-order valence-corrected chi connectivity index (χ2v) is 4.51. The van der Waals surface area contributed by atoms with E-state index in [1.807, 2.05) is 24.3 Å². The van der Waals surface area contributed by atoms with Crippen molar-refractivity contribution < 1.29 is 14.6 Å². The molecule has 1 N–H and O–H groups in total. The Morgan fingerprint density at radius 2 is 2.18 bits per heavy atom. The summed E-state index contributed by atoms with van der Waals surface area (Å²) in [6.07, 6.45) is -0.107. The highest BCUT2D eigenvalue weighted by molar-refractivity contribution is 6.30. The number of carbonyl (C=O) groups is 1. The highest BCUT2D eigenvalue weighted by atomic mass is 35.5. The maximum atomic E-state index is 10.7. The van der Waals surface area contributed by atoms with E-state index in [4.69, 9.17) is 21.4 Å². The van der Waals surface area contributed by atoms with E-state index >= 15 is 0 Å². The van der Waals surface area contributed by atoms with Gasteiger partial charge in [0.05, 0.1) is 19.3 Å². The number of hydrogen-bond acceptors (Lipinski definition) is 2. The van der Waals surface area contributed by atoms with Crippen molar-refractivity contribution in [2.45, 2.75) is 19.1 Å². The molecule has 1 aromatic rings. The molecule has 92 valence electrons. The molecule has 1 saturated heterocycles. The Morgan fingerprint density at radius 3 is 2.76 bits per heavy atom. The van der Waals surface area contributed by atoms with Gasteiger partial charge in [-0.2, -0.15) is 0 Å². The van der Waals surface area contributed by atoms with Crippen molar-refractivity contribution in [3.8, 4) is 0 Å². The van der Waals surface area contributed by atoms with Gasteiger partial charge in [0, 0.05) is 11.6 Å². The van der Waals surface area contributed by atoms with Gasteiger partial charge in [-0.25, -0.2) is 4.79 Å². The van der Waals surface area contributed by atoms with Crippen LogP contribution in [0, 0.1) is 0 Å². The molecule has 0 bridgehead atoms. The molecular weight excluding hydrogens is 242 g/mol. The molecule has 1 aliphatic rings. The molecule has 17 heavy (non-hydrogen) atoms. The van der Waals surface area contributed by atoms with Gasteiger partial charge in [-0.3, -0.25) is 0 Å². The second kappa shape index (κ2) is 5.38. The number of rotatable bonds is 3. The lowest BCUT2D eigenvalue weighted by molar-refractivity contribution is 0.0466. The van der Waals surface area contributed by atoms with Crippen LogP contribution in [-0.2, 0) is 11.3 Å². The third kappa shape index (κ3) is 3.35. The van der Waals surface area contributed by atoms with Gasteiger partial charge < -0.3 is 14.7 Å². The van der Waals surface area contributed by atoms with Crippen LogP contribution in [0.4, 0.5) is 4.79 Å². The van der Waals surface area contributed by atoms with Crippen molar-refractivity contribution in [1.29, 1.82) is 0 Å². The zero-order chi connectivity index (χ0) is 12.3. The number of halogens is 1. The molecule has 0 aliphatic carbocycles. The summed E-state index contributed by atoms with van der Waals surface area (Å²) in [7, 11) is 0. The normalized spacial score (nSPS) is 19.6. The van der Waals surface area contributed by atoms with Crippen LogP contribution in [0.25, 0.3) is 0 Å². The number of likely N-dealkylation sites (tertiary alicyclic amines) is 1. The first-order chi connectivity index (χ1) is 8.15. The van der Waals surface area contributed by atoms with Crippen LogP contribution in [0.2, 0.25) is 5.02 Å². The number of nitrogens with zero attached hydrogens (tertiary/aromatic N) is 1. The van der Waals surface area contributed by atoms with E-state index in [9.17, 15) is 4.79 Å². The van der Waals surface area contributed by atoms with Crippen molar-refractivity contribution >= 4 is 17.7 Å². The van der Waals surface area contributed by atoms with Gasteiger partial charge in [-0.1, -0.05) is 23.7 Å². The third-order valence-electron chi connectivity index (χ3n) is 2.81. The van der Waals surface area contributed by atoms with E-state index < -0.39 is 6.09 Å². The summed E-state index contributed by atoms with van der Waals surface area (Å²) in [6.45, 7) is 1.51. The molecule has 1 unspecified atom stereocenters. The highest BCUT2D eigenvalue weighted by Crippen LogP contribution is 2.16. The predicted molar refractivity (Wildman–Crippen MR) is 64.2 cm³/mol. The van der Waals surface area contributed by atoms with Gasteiger partial charge >= 0.3 is 6.09 Å². The van der Waals surface area contributed by atoms with Gasteiger partial charge in [-0.05, 0) is 24.1 Å². The van der Waals surface area contributed by atoms with Crippen molar-refractivity contribution in [3.05, 3.63) is 34.9 Å². The Bertz CT molecular complexity index is 393. The Kier molecular flexibility index (Phi) is 3.86. The van der Waals surface area contributed by atoms with Crippen molar-refractivity contribution in [2.24, 2.45) is 0 Å². The first-order valence-corrected chi connectivity index (χ1v) is 5.87.